The number of aryl methyl sites for hydroxylation is 1. The second-order valence-corrected chi connectivity index (χ2v) is 7.55. The summed E-state index contributed by atoms with van der Waals surface area (Å²) in [6, 6.07) is 7.34. The van der Waals surface area contributed by atoms with Crippen molar-refractivity contribution >= 4 is 16.1 Å². The molecule has 0 saturated carbocycles. The molecule has 0 amide bonds. The Balaban J connectivity index is 2.41. The predicted molar refractivity (Wildman–Crippen MR) is 87.1 cm³/mol. The van der Waals surface area contributed by atoms with Crippen LogP contribution in [0.5, 0.6) is 5.75 Å². The summed E-state index contributed by atoms with van der Waals surface area (Å²) >= 11 is 0. The van der Waals surface area contributed by atoms with Crippen LogP contribution in [-0.2, 0) is 25.5 Å². The molecule has 0 aliphatic carbocycles. The maximum Gasteiger partial charge on any atom is 0.347 e. The van der Waals surface area contributed by atoms with Crippen molar-refractivity contribution in [1.82, 2.24) is 0 Å². The van der Waals surface area contributed by atoms with E-state index in [0.717, 1.165) is 31.1 Å². The van der Waals surface area contributed by atoms with Crippen molar-refractivity contribution in [1.29, 1.82) is 0 Å². The molecule has 1 N–H and O–H groups in total. The van der Waals surface area contributed by atoms with E-state index in [0.29, 0.717) is 12.2 Å². The van der Waals surface area contributed by atoms with Crippen LogP contribution in [0.25, 0.3) is 0 Å². The van der Waals surface area contributed by atoms with E-state index in [4.69, 9.17) is 9.84 Å². The monoisotopic (exact) mass is 344 g/mol. The van der Waals surface area contributed by atoms with Gasteiger partial charge >= 0.3 is 5.97 Å². The topological polar surface area (TPSA) is 89.9 Å². The summed E-state index contributed by atoms with van der Waals surface area (Å²) in [6.45, 7) is 3.21. The minimum Gasteiger partial charge on any atom is -0.478 e. The second kappa shape index (κ2) is 8.31. The SMILES string of the molecule is CC(C)(Oc1cccc(CCCCCOS(C)(=O)=O)c1)C(=O)O. The van der Waals surface area contributed by atoms with Gasteiger partial charge in [0.15, 0.2) is 5.60 Å². The standard InChI is InChI=1S/C16H24O6S/c1-16(2,15(17)18)22-14-10-7-9-13(12-14)8-5-4-6-11-21-23(3,19)20/h7,9-10,12H,4-6,8,11H2,1-3H3,(H,17,18). The third-order valence-electron chi connectivity index (χ3n) is 3.19. The number of carboxylic acid groups (broad SMARTS) is 1. The van der Waals surface area contributed by atoms with Crippen LogP contribution in [0.4, 0.5) is 0 Å². The van der Waals surface area contributed by atoms with Gasteiger partial charge in [0.05, 0.1) is 12.9 Å². The van der Waals surface area contributed by atoms with E-state index in [1.165, 1.54) is 13.8 Å². The number of benzene rings is 1. The van der Waals surface area contributed by atoms with Gasteiger partial charge in [-0.25, -0.2) is 4.79 Å². The van der Waals surface area contributed by atoms with Crippen LogP contribution in [0.1, 0.15) is 38.7 Å². The summed E-state index contributed by atoms with van der Waals surface area (Å²) in [6.07, 6.45) is 4.26. The zero-order valence-corrected chi connectivity index (χ0v) is 14.6. The molecule has 23 heavy (non-hydrogen) atoms. The molecule has 0 atom stereocenters. The number of unbranched alkanes of at least 4 members (excludes halogenated alkanes) is 2. The first-order valence-electron chi connectivity index (χ1n) is 7.46. The highest BCUT2D eigenvalue weighted by Crippen LogP contribution is 2.21. The summed E-state index contributed by atoms with van der Waals surface area (Å²) in [5, 5.41) is 9.07. The van der Waals surface area contributed by atoms with Crippen molar-refractivity contribution in [3.63, 3.8) is 0 Å². The molecule has 0 spiro atoms. The van der Waals surface area contributed by atoms with E-state index >= 15 is 0 Å². The first-order chi connectivity index (χ1) is 10.6. The van der Waals surface area contributed by atoms with Gasteiger partial charge in [0.2, 0.25) is 0 Å². The van der Waals surface area contributed by atoms with Crippen LogP contribution in [0, 0.1) is 0 Å². The highest BCUT2D eigenvalue weighted by atomic mass is 32.2. The van der Waals surface area contributed by atoms with Crippen LogP contribution in [0.2, 0.25) is 0 Å². The van der Waals surface area contributed by atoms with Crippen molar-refractivity contribution in [2.45, 2.75) is 45.1 Å². The Hall–Kier alpha value is -1.60. The van der Waals surface area contributed by atoms with Crippen LogP contribution in [0.15, 0.2) is 24.3 Å². The summed E-state index contributed by atoms with van der Waals surface area (Å²) in [5.41, 5.74) is -0.227. The van der Waals surface area contributed by atoms with Gasteiger partial charge in [-0.2, -0.15) is 8.42 Å². The van der Waals surface area contributed by atoms with Crippen LogP contribution in [0.3, 0.4) is 0 Å². The van der Waals surface area contributed by atoms with Crippen molar-refractivity contribution < 1.29 is 27.2 Å². The van der Waals surface area contributed by atoms with E-state index in [9.17, 15) is 13.2 Å². The minimum absolute atomic E-state index is 0.203. The number of carboxylic acids is 1. The molecule has 1 aromatic carbocycles. The average molecular weight is 344 g/mol. The van der Waals surface area contributed by atoms with Gasteiger partial charge in [-0.05, 0) is 50.8 Å². The van der Waals surface area contributed by atoms with Gasteiger partial charge in [0.25, 0.3) is 10.1 Å². The molecule has 130 valence electrons. The van der Waals surface area contributed by atoms with E-state index in [2.05, 4.69) is 4.18 Å². The number of hydrogen-bond acceptors (Lipinski definition) is 5. The molecule has 0 unspecified atom stereocenters. The molecular formula is C16H24O6S. The molecule has 0 heterocycles. The van der Waals surface area contributed by atoms with Crippen molar-refractivity contribution in [3.8, 4) is 5.75 Å². The lowest BCUT2D eigenvalue weighted by atomic mass is 10.1. The Labute approximate surface area is 137 Å². The van der Waals surface area contributed by atoms with Crippen LogP contribution >= 0.6 is 0 Å². The summed E-state index contributed by atoms with van der Waals surface area (Å²) < 4.78 is 31.8. The highest BCUT2D eigenvalue weighted by molar-refractivity contribution is 7.85. The number of rotatable bonds is 10. The maximum atomic E-state index is 11.1. The van der Waals surface area contributed by atoms with Gasteiger partial charge in [0.1, 0.15) is 5.75 Å². The van der Waals surface area contributed by atoms with Gasteiger partial charge in [0, 0.05) is 0 Å². The second-order valence-electron chi connectivity index (χ2n) is 5.90. The molecule has 0 saturated heterocycles. The van der Waals surface area contributed by atoms with E-state index in [1.807, 2.05) is 18.2 Å². The third-order valence-corrected chi connectivity index (χ3v) is 3.79. The molecule has 0 bridgehead atoms. The minimum atomic E-state index is -3.36. The predicted octanol–water partition coefficient (Wildman–Crippen LogP) is 2.62. The first kappa shape index (κ1) is 19.4. The van der Waals surface area contributed by atoms with Gasteiger partial charge in [-0.15, -0.1) is 0 Å². The summed E-state index contributed by atoms with van der Waals surface area (Å²) in [7, 11) is -3.36. The lowest BCUT2D eigenvalue weighted by Gasteiger charge is -2.21. The molecule has 0 aliphatic rings. The lowest BCUT2D eigenvalue weighted by Crippen LogP contribution is -2.37. The number of carbonyl (C=O) groups is 1. The fourth-order valence-electron chi connectivity index (χ4n) is 1.92. The number of ether oxygens (including phenoxy) is 1. The largest absolute Gasteiger partial charge is 0.478 e. The van der Waals surface area contributed by atoms with Gasteiger partial charge < -0.3 is 9.84 Å². The Kier molecular flexibility index (Phi) is 7.02. The smallest absolute Gasteiger partial charge is 0.347 e. The molecule has 1 rings (SSSR count). The normalized spacial score (nSPS) is 12.1. The third kappa shape index (κ3) is 7.99. The average Bonchev–Trinajstić information content (AvgIpc) is 2.41. The number of hydrogen-bond donors (Lipinski definition) is 1. The zero-order chi connectivity index (χ0) is 17.5. The molecule has 0 fully saturated rings. The van der Waals surface area contributed by atoms with Gasteiger partial charge in [-0.3, -0.25) is 4.18 Å². The molecule has 0 aromatic heterocycles. The molecule has 0 radical (unpaired) electrons. The van der Waals surface area contributed by atoms with Gasteiger partial charge in [-0.1, -0.05) is 18.6 Å². The van der Waals surface area contributed by atoms with E-state index < -0.39 is 21.7 Å². The molecular weight excluding hydrogens is 320 g/mol. The molecule has 1 aromatic rings. The van der Waals surface area contributed by atoms with E-state index in [1.54, 1.807) is 6.07 Å². The highest BCUT2D eigenvalue weighted by Gasteiger charge is 2.29. The van der Waals surface area contributed by atoms with E-state index in [-0.39, 0.29) is 6.61 Å². The first-order valence-corrected chi connectivity index (χ1v) is 9.27. The quantitative estimate of drug-likeness (QED) is 0.518. The Morgan fingerprint density at radius 1 is 1.22 bits per heavy atom. The maximum absolute atomic E-state index is 11.1. The van der Waals surface area contributed by atoms with Crippen LogP contribution < -0.4 is 4.74 Å². The molecule has 0 aliphatic heterocycles. The fourth-order valence-corrected chi connectivity index (χ4v) is 2.34. The summed E-state index contributed by atoms with van der Waals surface area (Å²) in [5.74, 6) is -0.496. The van der Waals surface area contributed by atoms with Crippen molar-refractivity contribution in [2.75, 3.05) is 12.9 Å². The Morgan fingerprint density at radius 2 is 1.91 bits per heavy atom. The van der Waals surface area contributed by atoms with Crippen LogP contribution in [-0.4, -0.2) is 38.0 Å². The Bertz CT molecular complexity index is 621. The zero-order valence-electron chi connectivity index (χ0n) is 13.7. The van der Waals surface area contributed by atoms with Crippen molar-refractivity contribution in [2.24, 2.45) is 0 Å². The molecule has 6 nitrogen and oxygen atoms in total. The summed E-state index contributed by atoms with van der Waals surface area (Å²) in [4.78, 5) is 11.1. The lowest BCUT2D eigenvalue weighted by molar-refractivity contribution is -0.152. The fraction of sp³-hybridized carbons (Fsp3) is 0.562. The molecule has 7 heteroatoms. The van der Waals surface area contributed by atoms with Crippen molar-refractivity contribution in [3.05, 3.63) is 29.8 Å². The Morgan fingerprint density at radius 3 is 2.52 bits per heavy atom. The number of aliphatic carboxylic acids is 1.